The molecule has 26 heavy (non-hydrogen) atoms. The number of hydrogen-bond acceptors (Lipinski definition) is 4. The molecule has 0 aliphatic carbocycles. The fraction of sp³-hybridized carbons (Fsp3) is 0.353. The van der Waals surface area contributed by atoms with Gasteiger partial charge in [-0.2, -0.15) is 0 Å². The highest BCUT2D eigenvalue weighted by atomic mass is 79.9. The van der Waals surface area contributed by atoms with Crippen molar-refractivity contribution in [2.24, 2.45) is 7.05 Å². The number of carbonyl (C=O) groups excluding carboxylic acids is 3. The number of aryl methyl sites for hydroxylation is 1. The Morgan fingerprint density at radius 3 is 2.73 bits per heavy atom. The fourth-order valence-corrected chi connectivity index (χ4v) is 3.53. The number of aromatic nitrogens is 1. The van der Waals surface area contributed by atoms with Crippen molar-refractivity contribution < 1.29 is 18.8 Å². The molecule has 1 aliphatic heterocycles. The van der Waals surface area contributed by atoms with E-state index in [-0.39, 0.29) is 11.7 Å². The van der Waals surface area contributed by atoms with Gasteiger partial charge in [-0.25, -0.2) is 0 Å². The van der Waals surface area contributed by atoms with Gasteiger partial charge in [-0.15, -0.1) is 0 Å². The van der Waals surface area contributed by atoms with E-state index in [0.717, 1.165) is 17.3 Å². The number of nitrogens with zero attached hydrogens (tertiary/aromatic N) is 2. The summed E-state index contributed by atoms with van der Waals surface area (Å²) >= 11 is 3.30. The number of piperidine rings is 1. The number of nitrogens with one attached hydrogen (secondary N) is 2. The molecule has 1 atom stereocenters. The van der Waals surface area contributed by atoms with Crippen molar-refractivity contribution in [3.8, 4) is 0 Å². The quantitative estimate of drug-likeness (QED) is 0.737. The Morgan fingerprint density at radius 1 is 1.27 bits per heavy atom. The second-order valence-electron chi connectivity index (χ2n) is 6.09. The number of hydrazine groups is 1. The molecule has 3 rings (SSSR count). The van der Waals surface area contributed by atoms with Crippen molar-refractivity contribution in [1.29, 1.82) is 0 Å². The van der Waals surface area contributed by atoms with E-state index in [1.165, 1.54) is 11.2 Å². The number of furan rings is 1. The van der Waals surface area contributed by atoms with Gasteiger partial charge in [0.15, 0.2) is 5.76 Å². The van der Waals surface area contributed by atoms with Gasteiger partial charge in [0.25, 0.3) is 17.7 Å². The summed E-state index contributed by atoms with van der Waals surface area (Å²) in [6, 6.07) is 4.20. The second kappa shape index (κ2) is 7.77. The molecule has 3 heterocycles. The first-order valence-electron chi connectivity index (χ1n) is 8.24. The van der Waals surface area contributed by atoms with E-state index in [4.69, 9.17) is 4.42 Å². The largest absolute Gasteiger partial charge is 0.459 e. The molecule has 1 saturated heterocycles. The standard InChI is InChI=1S/C17H19BrN4O4/c1-21-10-11(18)9-13(21)16(24)20-19-15(23)12-5-2-3-7-22(12)17(25)14-6-4-8-26-14/h4,6,8-10,12H,2-3,5,7H2,1H3,(H,19,23)(H,20,24). The molecule has 9 heteroatoms. The smallest absolute Gasteiger partial charge is 0.290 e. The lowest BCUT2D eigenvalue weighted by Crippen LogP contribution is -2.55. The summed E-state index contributed by atoms with van der Waals surface area (Å²) in [4.78, 5) is 38.8. The minimum atomic E-state index is -0.651. The van der Waals surface area contributed by atoms with Gasteiger partial charge in [0.2, 0.25) is 0 Å². The molecule has 0 saturated carbocycles. The zero-order valence-corrected chi connectivity index (χ0v) is 15.8. The Balaban J connectivity index is 1.64. The van der Waals surface area contributed by atoms with Crippen LogP contribution in [-0.4, -0.2) is 39.8 Å². The summed E-state index contributed by atoms with van der Waals surface area (Å²) in [5.41, 5.74) is 5.22. The van der Waals surface area contributed by atoms with Crippen molar-refractivity contribution in [2.75, 3.05) is 6.54 Å². The first-order valence-corrected chi connectivity index (χ1v) is 9.03. The minimum Gasteiger partial charge on any atom is -0.459 e. The van der Waals surface area contributed by atoms with Gasteiger partial charge in [-0.05, 0) is 53.4 Å². The van der Waals surface area contributed by atoms with Crippen LogP contribution in [0.2, 0.25) is 0 Å². The third-order valence-corrected chi connectivity index (χ3v) is 4.74. The maximum absolute atomic E-state index is 12.5. The summed E-state index contributed by atoms with van der Waals surface area (Å²) in [6.07, 6.45) is 5.34. The van der Waals surface area contributed by atoms with Gasteiger partial charge in [-0.3, -0.25) is 25.2 Å². The predicted octanol–water partition coefficient (Wildman–Crippen LogP) is 1.84. The molecular weight excluding hydrogens is 404 g/mol. The Labute approximate surface area is 158 Å². The number of amides is 3. The third kappa shape index (κ3) is 3.82. The van der Waals surface area contributed by atoms with Gasteiger partial charge >= 0.3 is 0 Å². The molecule has 3 amide bonds. The molecule has 1 unspecified atom stereocenters. The first-order chi connectivity index (χ1) is 12.5. The van der Waals surface area contributed by atoms with E-state index in [2.05, 4.69) is 26.8 Å². The van der Waals surface area contributed by atoms with Gasteiger partial charge in [-0.1, -0.05) is 0 Å². The molecule has 1 fully saturated rings. The molecule has 2 aromatic heterocycles. The van der Waals surface area contributed by atoms with Gasteiger partial charge < -0.3 is 13.9 Å². The average Bonchev–Trinajstić information content (AvgIpc) is 3.28. The molecule has 0 bridgehead atoms. The van der Waals surface area contributed by atoms with E-state index in [0.29, 0.717) is 18.7 Å². The van der Waals surface area contributed by atoms with Crippen molar-refractivity contribution in [1.82, 2.24) is 20.3 Å². The highest BCUT2D eigenvalue weighted by Crippen LogP contribution is 2.20. The lowest BCUT2D eigenvalue weighted by atomic mass is 10.0. The lowest BCUT2D eigenvalue weighted by molar-refractivity contribution is -0.127. The Kier molecular flexibility index (Phi) is 5.46. The second-order valence-corrected chi connectivity index (χ2v) is 7.00. The minimum absolute atomic E-state index is 0.197. The van der Waals surface area contributed by atoms with E-state index in [9.17, 15) is 14.4 Å². The van der Waals surface area contributed by atoms with Crippen LogP contribution in [0.3, 0.4) is 0 Å². The molecule has 0 spiro atoms. The number of likely N-dealkylation sites (tertiary alicyclic amines) is 1. The average molecular weight is 423 g/mol. The third-order valence-electron chi connectivity index (χ3n) is 4.30. The van der Waals surface area contributed by atoms with Crippen LogP contribution in [-0.2, 0) is 11.8 Å². The maximum Gasteiger partial charge on any atom is 0.290 e. The lowest BCUT2D eigenvalue weighted by Gasteiger charge is -2.34. The summed E-state index contributed by atoms with van der Waals surface area (Å²) in [5, 5.41) is 0. The number of hydrogen-bond donors (Lipinski definition) is 2. The molecule has 2 aromatic rings. The zero-order valence-electron chi connectivity index (χ0n) is 14.2. The molecular formula is C17H19BrN4O4. The van der Waals surface area contributed by atoms with Crippen molar-refractivity contribution >= 4 is 33.7 Å². The molecule has 0 aromatic carbocycles. The number of halogens is 1. The molecule has 0 radical (unpaired) electrons. The molecule has 1 aliphatic rings. The van der Waals surface area contributed by atoms with E-state index in [1.54, 1.807) is 36.0 Å². The molecule has 8 nitrogen and oxygen atoms in total. The van der Waals surface area contributed by atoms with Crippen molar-refractivity contribution in [2.45, 2.75) is 25.3 Å². The van der Waals surface area contributed by atoms with Crippen molar-refractivity contribution in [3.63, 3.8) is 0 Å². The van der Waals surface area contributed by atoms with Crippen LogP contribution in [0, 0.1) is 0 Å². The normalized spacial score (nSPS) is 17.0. The van der Waals surface area contributed by atoms with Crippen LogP contribution in [0.25, 0.3) is 0 Å². The van der Waals surface area contributed by atoms with E-state index >= 15 is 0 Å². The van der Waals surface area contributed by atoms with Crippen LogP contribution >= 0.6 is 15.9 Å². The van der Waals surface area contributed by atoms with E-state index in [1.807, 2.05) is 0 Å². The molecule has 2 N–H and O–H groups in total. The van der Waals surface area contributed by atoms with Gasteiger partial charge in [0.1, 0.15) is 11.7 Å². The van der Waals surface area contributed by atoms with Crippen LogP contribution in [0.1, 0.15) is 40.3 Å². The Morgan fingerprint density at radius 2 is 2.08 bits per heavy atom. The fourth-order valence-electron chi connectivity index (χ4n) is 3.00. The topological polar surface area (TPSA) is 96.6 Å². The summed E-state index contributed by atoms with van der Waals surface area (Å²) < 4.78 is 7.55. The van der Waals surface area contributed by atoms with Gasteiger partial charge in [0.05, 0.1) is 6.26 Å². The Hall–Kier alpha value is -2.55. The monoisotopic (exact) mass is 422 g/mol. The predicted molar refractivity (Wildman–Crippen MR) is 96.1 cm³/mol. The Bertz CT molecular complexity index is 815. The summed E-state index contributed by atoms with van der Waals surface area (Å²) in [7, 11) is 1.73. The van der Waals surface area contributed by atoms with Gasteiger partial charge in [0, 0.05) is 24.3 Å². The highest BCUT2D eigenvalue weighted by Gasteiger charge is 2.34. The number of rotatable bonds is 3. The first kappa shape index (κ1) is 18.2. The summed E-state index contributed by atoms with van der Waals surface area (Å²) in [6.45, 7) is 0.469. The number of carbonyl (C=O) groups is 3. The molecule has 138 valence electrons. The van der Waals surface area contributed by atoms with Crippen LogP contribution in [0.15, 0.2) is 39.5 Å². The SMILES string of the molecule is Cn1cc(Br)cc1C(=O)NNC(=O)C1CCCCN1C(=O)c1ccco1. The maximum atomic E-state index is 12.5. The van der Waals surface area contributed by atoms with Crippen LogP contribution in [0.4, 0.5) is 0 Å². The van der Waals surface area contributed by atoms with Crippen LogP contribution < -0.4 is 10.9 Å². The highest BCUT2D eigenvalue weighted by molar-refractivity contribution is 9.10. The van der Waals surface area contributed by atoms with Crippen LogP contribution in [0.5, 0.6) is 0 Å². The van der Waals surface area contributed by atoms with Crippen molar-refractivity contribution in [3.05, 3.63) is 46.6 Å². The zero-order chi connectivity index (χ0) is 18.7. The van der Waals surface area contributed by atoms with E-state index < -0.39 is 17.9 Å². The summed E-state index contributed by atoms with van der Waals surface area (Å²) in [5.74, 6) is -0.993.